The molecule has 1 aliphatic heterocycles. The van der Waals surface area contributed by atoms with Gasteiger partial charge in [0.05, 0.1) is 5.92 Å². The Labute approximate surface area is 128 Å². The zero-order valence-corrected chi connectivity index (χ0v) is 12.6. The average Bonchev–Trinajstić information content (AvgIpc) is 2.83. The van der Waals surface area contributed by atoms with Crippen LogP contribution >= 0.6 is 0 Å². The number of halogens is 1. The van der Waals surface area contributed by atoms with Gasteiger partial charge in [-0.1, -0.05) is 25.1 Å². The predicted octanol–water partition coefficient (Wildman–Crippen LogP) is 3.66. The first-order valence-corrected chi connectivity index (χ1v) is 7.40. The Morgan fingerprint density at radius 2 is 1.91 bits per heavy atom. The van der Waals surface area contributed by atoms with E-state index in [1.807, 2.05) is 26.0 Å². The molecule has 0 aromatic heterocycles. The Kier molecular flexibility index (Phi) is 3.71. The molecule has 0 spiro atoms. The van der Waals surface area contributed by atoms with Crippen molar-refractivity contribution in [2.45, 2.75) is 32.3 Å². The number of anilines is 1. The summed E-state index contributed by atoms with van der Waals surface area (Å²) in [5.74, 6) is -0.495. The van der Waals surface area contributed by atoms with Crippen LogP contribution in [0, 0.1) is 12.7 Å². The van der Waals surface area contributed by atoms with Gasteiger partial charge in [-0.3, -0.25) is 4.79 Å². The second kappa shape index (κ2) is 5.54. The topological polar surface area (TPSA) is 49.3 Å². The lowest BCUT2D eigenvalue weighted by Crippen LogP contribution is -2.10. The van der Waals surface area contributed by atoms with Crippen molar-refractivity contribution >= 4 is 11.6 Å². The molecule has 0 saturated heterocycles. The fourth-order valence-corrected chi connectivity index (χ4v) is 3.04. The highest BCUT2D eigenvalue weighted by molar-refractivity contribution is 6.03. The molecule has 114 valence electrons. The van der Waals surface area contributed by atoms with Gasteiger partial charge < -0.3 is 10.4 Å². The van der Waals surface area contributed by atoms with Gasteiger partial charge in [-0.15, -0.1) is 0 Å². The Balaban J connectivity index is 2.02. The largest absolute Gasteiger partial charge is 0.384 e. The maximum atomic E-state index is 13.0. The van der Waals surface area contributed by atoms with Gasteiger partial charge >= 0.3 is 0 Å². The van der Waals surface area contributed by atoms with Crippen molar-refractivity contribution < 1.29 is 14.3 Å². The highest BCUT2D eigenvalue weighted by Gasteiger charge is 2.31. The lowest BCUT2D eigenvalue weighted by atomic mass is 9.91. The fourth-order valence-electron chi connectivity index (χ4n) is 3.04. The van der Waals surface area contributed by atoms with Gasteiger partial charge in [0, 0.05) is 5.69 Å². The van der Waals surface area contributed by atoms with Crippen molar-refractivity contribution in [3.8, 4) is 0 Å². The first-order valence-electron chi connectivity index (χ1n) is 7.40. The molecular formula is C18H18FNO2. The summed E-state index contributed by atoms with van der Waals surface area (Å²) in [6.45, 7) is 3.88. The molecule has 0 saturated carbocycles. The summed E-state index contributed by atoms with van der Waals surface area (Å²) in [4.78, 5) is 12.0. The lowest BCUT2D eigenvalue weighted by Gasteiger charge is -2.15. The van der Waals surface area contributed by atoms with Gasteiger partial charge in [0.2, 0.25) is 5.91 Å². The zero-order chi connectivity index (χ0) is 15.9. The summed E-state index contributed by atoms with van der Waals surface area (Å²) in [5, 5.41) is 13.4. The summed E-state index contributed by atoms with van der Waals surface area (Å²) in [7, 11) is 0. The molecule has 3 rings (SSSR count). The van der Waals surface area contributed by atoms with Gasteiger partial charge in [-0.2, -0.15) is 0 Å². The minimum atomic E-state index is -0.835. The second-order valence-corrected chi connectivity index (χ2v) is 5.71. The van der Waals surface area contributed by atoms with E-state index in [2.05, 4.69) is 5.32 Å². The number of aliphatic hydroxyl groups excluding tert-OH is 1. The maximum Gasteiger partial charge on any atom is 0.232 e. The standard InChI is InChI=1S/C18H18FNO2/c1-3-14-15-9-12(8-10(2)16(15)20-18(14)22)17(21)11-4-6-13(19)7-5-11/h4-9,14,17,21H,3H2,1-2H3,(H,20,22). The smallest absolute Gasteiger partial charge is 0.232 e. The van der Waals surface area contributed by atoms with Crippen LogP contribution in [0.1, 0.15) is 47.6 Å². The Bertz CT molecular complexity index is 725. The number of hydrogen-bond donors (Lipinski definition) is 2. The molecule has 0 aliphatic carbocycles. The summed E-state index contributed by atoms with van der Waals surface area (Å²) in [6.07, 6.45) is -0.119. The Morgan fingerprint density at radius 1 is 1.23 bits per heavy atom. The van der Waals surface area contributed by atoms with Crippen molar-refractivity contribution in [2.24, 2.45) is 0 Å². The molecule has 2 unspecified atom stereocenters. The van der Waals surface area contributed by atoms with Crippen molar-refractivity contribution in [1.29, 1.82) is 0 Å². The van der Waals surface area contributed by atoms with Crippen molar-refractivity contribution in [3.63, 3.8) is 0 Å². The van der Waals surface area contributed by atoms with Gasteiger partial charge in [-0.25, -0.2) is 4.39 Å². The number of hydrogen-bond acceptors (Lipinski definition) is 2. The third-order valence-electron chi connectivity index (χ3n) is 4.24. The average molecular weight is 299 g/mol. The minimum absolute atomic E-state index is 0.00835. The number of aliphatic hydroxyl groups is 1. The van der Waals surface area contributed by atoms with E-state index in [-0.39, 0.29) is 17.6 Å². The number of rotatable bonds is 3. The molecule has 2 atom stereocenters. The van der Waals surface area contributed by atoms with Crippen LogP contribution in [0.4, 0.5) is 10.1 Å². The van der Waals surface area contributed by atoms with Gasteiger partial charge in [-0.05, 0) is 53.8 Å². The molecule has 1 amide bonds. The Morgan fingerprint density at radius 3 is 2.55 bits per heavy atom. The molecule has 4 heteroatoms. The molecule has 1 heterocycles. The number of benzene rings is 2. The van der Waals surface area contributed by atoms with Crippen LogP contribution < -0.4 is 5.32 Å². The van der Waals surface area contributed by atoms with Crippen LogP contribution in [0.5, 0.6) is 0 Å². The molecule has 0 fully saturated rings. The van der Waals surface area contributed by atoms with Crippen LogP contribution in [0.25, 0.3) is 0 Å². The molecule has 0 bridgehead atoms. The van der Waals surface area contributed by atoms with E-state index in [9.17, 15) is 14.3 Å². The van der Waals surface area contributed by atoms with Crippen LogP contribution in [0.15, 0.2) is 36.4 Å². The maximum absolute atomic E-state index is 13.0. The number of aryl methyl sites for hydroxylation is 1. The number of carbonyl (C=O) groups excluding carboxylic acids is 1. The predicted molar refractivity (Wildman–Crippen MR) is 83.3 cm³/mol. The van der Waals surface area contributed by atoms with Gasteiger partial charge in [0.1, 0.15) is 11.9 Å². The molecule has 2 aromatic carbocycles. The number of amides is 1. The zero-order valence-electron chi connectivity index (χ0n) is 12.6. The molecule has 0 radical (unpaired) electrons. The first kappa shape index (κ1) is 14.7. The molecule has 22 heavy (non-hydrogen) atoms. The molecule has 1 aliphatic rings. The SMILES string of the molecule is CCC1C(=O)Nc2c(C)cc(C(O)c3ccc(F)cc3)cc21. The van der Waals surface area contributed by atoms with Crippen LogP contribution in [-0.4, -0.2) is 11.0 Å². The third kappa shape index (κ3) is 2.40. The van der Waals surface area contributed by atoms with E-state index in [0.29, 0.717) is 12.0 Å². The monoisotopic (exact) mass is 299 g/mol. The van der Waals surface area contributed by atoms with Crippen LogP contribution in [-0.2, 0) is 4.79 Å². The van der Waals surface area contributed by atoms with E-state index in [1.165, 1.54) is 12.1 Å². The van der Waals surface area contributed by atoms with E-state index in [1.54, 1.807) is 12.1 Å². The summed E-state index contributed by atoms with van der Waals surface area (Å²) in [6, 6.07) is 9.55. The highest BCUT2D eigenvalue weighted by atomic mass is 19.1. The van der Waals surface area contributed by atoms with E-state index in [0.717, 1.165) is 22.4 Å². The number of fused-ring (bicyclic) bond motifs is 1. The van der Waals surface area contributed by atoms with E-state index in [4.69, 9.17) is 0 Å². The van der Waals surface area contributed by atoms with Crippen molar-refractivity contribution in [2.75, 3.05) is 5.32 Å². The summed E-state index contributed by atoms with van der Waals surface area (Å²) in [5.41, 5.74) is 4.07. The third-order valence-corrected chi connectivity index (χ3v) is 4.24. The van der Waals surface area contributed by atoms with Gasteiger partial charge in [0.25, 0.3) is 0 Å². The van der Waals surface area contributed by atoms with E-state index < -0.39 is 6.10 Å². The molecule has 3 nitrogen and oxygen atoms in total. The van der Waals surface area contributed by atoms with Gasteiger partial charge in [0.15, 0.2) is 0 Å². The normalized spacial score (nSPS) is 18.0. The summed E-state index contributed by atoms with van der Waals surface area (Å²) >= 11 is 0. The first-order chi connectivity index (χ1) is 10.5. The quantitative estimate of drug-likeness (QED) is 0.908. The summed E-state index contributed by atoms with van der Waals surface area (Å²) < 4.78 is 13.0. The number of carbonyl (C=O) groups is 1. The second-order valence-electron chi connectivity index (χ2n) is 5.71. The van der Waals surface area contributed by atoms with Crippen LogP contribution in [0.3, 0.4) is 0 Å². The Hall–Kier alpha value is -2.20. The minimum Gasteiger partial charge on any atom is -0.384 e. The molecule has 2 N–H and O–H groups in total. The van der Waals surface area contributed by atoms with E-state index >= 15 is 0 Å². The highest BCUT2D eigenvalue weighted by Crippen LogP contribution is 2.39. The fraction of sp³-hybridized carbons (Fsp3) is 0.278. The van der Waals surface area contributed by atoms with Crippen molar-refractivity contribution in [3.05, 3.63) is 64.5 Å². The van der Waals surface area contributed by atoms with Crippen LogP contribution in [0.2, 0.25) is 0 Å². The molecular weight excluding hydrogens is 281 g/mol. The van der Waals surface area contributed by atoms with Crippen molar-refractivity contribution in [1.82, 2.24) is 0 Å². The lowest BCUT2D eigenvalue weighted by molar-refractivity contribution is -0.117. The molecule has 2 aromatic rings. The number of nitrogens with one attached hydrogen (secondary N) is 1.